The van der Waals surface area contributed by atoms with Gasteiger partial charge >= 0.3 is 6.09 Å². The average Bonchev–Trinajstić information content (AvgIpc) is 3.72. The lowest BCUT2D eigenvalue weighted by Gasteiger charge is -2.28. The van der Waals surface area contributed by atoms with Crippen LogP contribution in [0.2, 0.25) is 0 Å². The van der Waals surface area contributed by atoms with Crippen molar-refractivity contribution in [3.8, 4) is 0 Å². The molecule has 18 heteroatoms. The zero-order valence-corrected chi connectivity index (χ0v) is 34.1. The molecule has 7 amide bonds. The van der Waals surface area contributed by atoms with Gasteiger partial charge in [-0.1, -0.05) is 88.4 Å². The smallest absolute Gasteiger partial charge is 0.408 e. The van der Waals surface area contributed by atoms with E-state index in [9.17, 15) is 33.6 Å². The first-order valence-electron chi connectivity index (χ1n) is 19.5. The molecule has 18 nitrogen and oxygen atoms in total. The molecule has 0 aliphatic rings. The molecule has 320 valence electrons. The van der Waals surface area contributed by atoms with Crippen molar-refractivity contribution in [1.82, 2.24) is 47.2 Å². The van der Waals surface area contributed by atoms with E-state index in [2.05, 4.69) is 47.2 Å². The van der Waals surface area contributed by atoms with Crippen LogP contribution in [0.3, 0.4) is 0 Å². The Morgan fingerprint density at radius 2 is 1.29 bits per heavy atom. The number of carbonyl (C=O) groups excluding carboxylic acids is 7. The van der Waals surface area contributed by atoms with Crippen LogP contribution in [0.1, 0.15) is 57.9 Å². The molecule has 0 aliphatic carbocycles. The fraction of sp³-hybridized carbons (Fsp3) is 0.463. The first kappa shape index (κ1) is 47.2. The van der Waals surface area contributed by atoms with Crippen molar-refractivity contribution in [1.29, 1.82) is 0 Å². The van der Waals surface area contributed by atoms with Crippen LogP contribution < -0.4 is 37.2 Å². The van der Waals surface area contributed by atoms with Crippen LogP contribution in [0, 0.1) is 11.8 Å². The van der Waals surface area contributed by atoms with E-state index in [4.69, 9.17) is 9.84 Å². The monoisotopic (exact) mass is 819 g/mol. The number of benzene rings is 2. The lowest BCUT2D eigenvalue weighted by Crippen LogP contribution is -2.60. The van der Waals surface area contributed by atoms with Crippen molar-refractivity contribution in [3.63, 3.8) is 0 Å². The number of nitrogens with one attached hydrogen (secondary N) is 8. The van der Waals surface area contributed by atoms with Crippen LogP contribution in [0.4, 0.5) is 4.79 Å². The Morgan fingerprint density at radius 1 is 0.695 bits per heavy atom. The fourth-order valence-electron chi connectivity index (χ4n) is 5.77. The van der Waals surface area contributed by atoms with Crippen LogP contribution in [-0.4, -0.2) is 107 Å². The minimum absolute atomic E-state index is 0.0319. The highest BCUT2D eigenvalue weighted by Crippen LogP contribution is 2.11. The van der Waals surface area contributed by atoms with Crippen LogP contribution >= 0.6 is 0 Å². The third kappa shape index (κ3) is 17.1. The van der Waals surface area contributed by atoms with Crippen LogP contribution in [-0.2, 0) is 53.0 Å². The summed E-state index contributed by atoms with van der Waals surface area (Å²) in [7, 11) is 0. The largest absolute Gasteiger partial charge is 0.445 e. The van der Waals surface area contributed by atoms with E-state index >= 15 is 0 Å². The summed E-state index contributed by atoms with van der Waals surface area (Å²) < 4.78 is 5.39. The minimum atomic E-state index is -1.25. The average molecular weight is 820 g/mol. The maximum atomic E-state index is 14.1. The minimum Gasteiger partial charge on any atom is -0.445 e. The van der Waals surface area contributed by atoms with Gasteiger partial charge in [0.25, 0.3) is 0 Å². The van der Waals surface area contributed by atoms with Crippen molar-refractivity contribution in [3.05, 3.63) is 90.0 Å². The van der Waals surface area contributed by atoms with Gasteiger partial charge in [0.15, 0.2) is 0 Å². The number of nitrogens with zero attached hydrogens (tertiary/aromatic N) is 1. The van der Waals surface area contributed by atoms with E-state index in [1.165, 1.54) is 19.4 Å². The number of hydrogen-bond donors (Lipinski definition) is 9. The van der Waals surface area contributed by atoms with Crippen LogP contribution in [0.25, 0.3) is 0 Å². The fourth-order valence-corrected chi connectivity index (χ4v) is 5.77. The topological polar surface area (TPSA) is 262 Å². The summed E-state index contributed by atoms with van der Waals surface area (Å²) in [6.07, 6.45) is 2.24. The first-order chi connectivity index (χ1) is 28.2. The molecule has 0 unspecified atom stereocenters. The molecule has 5 atom stereocenters. The number of aromatic nitrogens is 2. The number of hydrogen-bond acceptors (Lipinski definition) is 11. The van der Waals surface area contributed by atoms with Crippen molar-refractivity contribution in [2.24, 2.45) is 11.8 Å². The van der Waals surface area contributed by atoms with Crippen LogP contribution in [0.5, 0.6) is 0 Å². The molecule has 1 aromatic heterocycles. The zero-order chi connectivity index (χ0) is 43.3. The summed E-state index contributed by atoms with van der Waals surface area (Å²) in [5.41, 5.74) is 1.99. The number of aromatic amines is 1. The second-order valence-electron chi connectivity index (χ2n) is 14.8. The maximum Gasteiger partial charge on any atom is 0.408 e. The molecule has 0 spiro atoms. The van der Waals surface area contributed by atoms with Gasteiger partial charge in [0.05, 0.1) is 19.5 Å². The summed E-state index contributed by atoms with van der Waals surface area (Å²) in [5.74, 6) is -4.77. The molecule has 0 saturated carbocycles. The van der Waals surface area contributed by atoms with E-state index in [1.54, 1.807) is 62.4 Å². The summed E-state index contributed by atoms with van der Waals surface area (Å²) in [6.45, 7) is 8.17. The summed E-state index contributed by atoms with van der Waals surface area (Å²) in [4.78, 5) is 99.8. The van der Waals surface area contributed by atoms with Crippen molar-refractivity contribution < 1.29 is 43.4 Å². The Labute approximate surface area is 343 Å². The highest BCUT2D eigenvalue weighted by atomic mass is 16.5. The number of aliphatic hydroxyl groups excluding tert-OH is 1. The predicted molar refractivity (Wildman–Crippen MR) is 217 cm³/mol. The third-order valence-electron chi connectivity index (χ3n) is 8.89. The molecule has 3 aromatic rings. The van der Waals surface area contributed by atoms with Gasteiger partial charge in [0, 0.05) is 31.3 Å². The molecule has 9 N–H and O–H groups in total. The Kier molecular flexibility index (Phi) is 19.7. The highest BCUT2D eigenvalue weighted by molar-refractivity contribution is 6.01. The molecule has 1 heterocycles. The lowest BCUT2D eigenvalue weighted by atomic mass is 9.99. The van der Waals surface area contributed by atoms with E-state index in [0.29, 0.717) is 5.69 Å². The number of amides is 7. The van der Waals surface area contributed by atoms with E-state index in [-0.39, 0.29) is 51.5 Å². The van der Waals surface area contributed by atoms with E-state index in [0.717, 1.165) is 11.1 Å². The molecule has 0 saturated heterocycles. The SMILES string of the molecule is CC(C)C[C@H](NC(=O)[C@H](Cc1cnc[nH]1)NC(=O)[C@H](Cc1ccccc1)NC(=O)OCc1ccccc1)C(=O)N[C@H](C(=O)N[C@@H](C)C(=O)NC(=O)CNCCO)C(C)C. The molecule has 59 heavy (non-hydrogen) atoms. The normalized spacial score (nSPS) is 13.6. The summed E-state index contributed by atoms with van der Waals surface area (Å²) in [6, 6.07) is 12.2. The molecular formula is C41H57N9O9. The van der Waals surface area contributed by atoms with Gasteiger partial charge in [-0.15, -0.1) is 0 Å². The molecule has 2 aromatic carbocycles. The number of carbonyl (C=O) groups is 7. The van der Waals surface area contributed by atoms with Gasteiger partial charge < -0.3 is 46.7 Å². The van der Waals surface area contributed by atoms with Crippen LogP contribution in [0.15, 0.2) is 73.2 Å². The molecule has 0 bridgehead atoms. The third-order valence-corrected chi connectivity index (χ3v) is 8.89. The Hall–Kier alpha value is -6.14. The van der Waals surface area contributed by atoms with Gasteiger partial charge in [0.2, 0.25) is 35.4 Å². The quantitative estimate of drug-likeness (QED) is 0.0591. The zero-order valence-electron chi connectivity index (χ0n) is 34.1. The molecule has 0 radical (unpaired) electrons. The maximum absolute atomic E-state index is 14.1. The second-order valence-corrected chi connectivity index (χ2v) is 14.8. The Balaban J connectivity index is 1.77. The number of imide groups is 1. The van der Waals surface area contributed by atoms with Crippen molar-refractivity contribution in [2.45, 2.75) is 90.7 Å². The van der Waals surface area contributed by atoms with Gasteiger partial charge in [0.1, 0.15) is 36.8 Å². The number of rotatable bonds is 23. The number of imidazole rings is 1. The Bertz CT molecular complexity index is 1810. The molecule has 0 fully saturated rings. The standard InChI is InChI=1S/C41H57N9O9/c1-25(2)18-31(39(56)50-35(26(3)4)40(57)45-27(5)36(53)49-34(52)22-42-16-17-51)46-38(55)33(20-30-21-43-24-44-30)47-37(54)32(19-28-12-8-6-9-13-28)48-41(58)59-23-29-14-10-7-11-15-29/h6-15,21,24-27,31-33,35,42,51H,16-20,22-23H2,1-5H3,(H,43,44)(H,45,57)(H,46,55)(H,47,54)(H,48,58)(H,50,56)(H,49,52,53)/t27-,31-,32-,33-,35-/m0/s1. The summed E-state index contributed by atoms with van der Waals surface area (Å²) >= 11 is 0. The first-order valence-corrected chi connectivity index (χ1v) is 19.5. The molecular weight excluding hydrogens is 763 g/mol. The highest BCUT2D eigenvalue weighted by Gasteiger charge is 2.34. The van der Waals surface area contributed by atoms with E-state index < -0.39 is 77.7 Å². The van der Waals surface area contributed by atoms with Gasteiger partial charge in [-0.3, -0.25) is 34.1 Å². The van der Waals surface area contributed by atoms with Gasteiger partial charge in [-0.2, -0.15) is 0 Å². The van der Waals surface area contributed by atoms with Crippen molar-refractivity contribution >= 4 is 41.5 Å². The Morgan fingerprint density at radius 3 is 1.86 bits per heavy atom. The van der Waals surface area contributed by atoms with Gasteiger partial charge in [-0.05, 0) is 36.3 Å². The number of H-pyrrole nitrogens is 1. The number of ether oxygens (including phenoxy) is 1. The lowest BCUT2D eigenvalue weighted by molar-refractivity contribution is -0.136. The number of alkyl carbamates (subject to hydrolysis) is 1. The predicted octanol–water partition coefficient (Wildman–Crippen LogP) is 0.376. The molecule has 3 rings (SSSR count). The second kappa shape index (κ2) is 24.6. The number of aliphatic hydroxyl groups is 1. The van der Waals surface area contributed by atoms with Gasteiger partial charge in [-0.25, -0.2) is 9.78 Å². The van der Waals surface area contributed by atoms with Crippen molar-refractivity contribution in [2.75, 3.05) is 19.7 Å². The summed E-state index contributed by atoms with van der Waals surface area (Å²) in [5, 5.41) is 27.0. The van der Waals surface area contributed by atoms with E-state index in [1.807, 2.05) is 26.0 Å². The molecule has 0 aliphatic heterocycles.